The van der Waals surface area contributed by atoms with Crippen molar-refractivity contribution in [3.8, 4) is 66.8 Å². The molecule has 58 heavy (non-hydrogen) atoms. The van der Waals surface area contributed by atoms with Crippen LogP contribution in [0, 0.1) is 0 Å². The van der Waals surface area contributed by atoms with E-state index in [9.17, 15) is 0 Å². The van der Waals surface area contributed by atoms with Crippen molar-refractivity contribution in [2.75, 3.05) is 0 Å². The first-order valence-corrected chi connectivity index (χ1v) is 20.0. The third kappa shape index (κ3) is 5.84. The topological polar surface area (TPSA) is 12.9 Å². The number of aromatic nitrogens is 1. The molecule has 0 fully saturated rings. The van der Waals surface area contributed by atoms with Crippen molar-refractivity contribution in [1.29, 1.82) is 0 Å². The van der Waals surface area contributed by atoms with E-state index in [0.717, 1.165) is 27.4 Å². The minimum absolute atomic E-state index is 1.03. The Bertz CT molecular complexity index is 3130. The lowest BCUT2D eigenvalue weighted by Crippen LogP contribution is -1.93. The molecule has 0 aliphatic heterocycles. The second-order valence-electron chi connectivity index (χ2n) is 15.1. The van der Waals surface area contributed by atoms with Crippen molar-refractivity contribution in [2.45, 2.75) is 0 Å². The highest BCUT2D eigenvalue weighted by molar-refractivity contribution is 6.21. The molecule has 0 unspecified atom stereocenters. The Morgan fingerprint density at radius 2 is 0.603 bits per heavy atom. The number of fused-ring (bicyclic) bond motifs is 6. The molecule has 1 nitrogen and oxygen atoms in total. The van der Waals surface area contributed by atoms with Gasteiger partial charge in [-0.25, -0.2) is 4.98 Å². The molecule has 0 spiro atoms. The maximum atomic E-state index is 5.46. The number of rotatable bonds is 6. The Labute approximate surface area is 338 Å². The van der Waals surface area contributed by atoms with E-state index in [1.54, 1.807) is 0 Å². The third-order valence-corrected chi connectivity index (χ3v) is 11.6. The molecule has 1 heterocycles. The molecule has 0 aliphatic rings. The van der Waals surface area contributed by atoms with Gasteiger partial charge >= 0.3 is 0 Å². The summed E-state index contributed by atoms with van der Waals surface area (Å²) in [5.41, 5.74) is 16.4. The summed E-state index contributed by atoms with van der Waals surface area (Å²) in [5, 5.41) is 7.02. The van der Waals surface area contributed by atoms with E-state index < -0.39 is 0 Å². The normalized spacial score (nSPS) is 11.4. The van der Waals surface area contributed by atoms with Crippen molar-refractivity contribution in [3.05, 3.63) is 224 Å². The summed E-state index contributed by atoms with van der Waals surface area (Å²) in [4.78, 5) is 5.46. The Kier molecular flexibility index (Phi) is 8.23. The fourth-order valence-corrected chi connectivity index (χ4v) is 8.89. The first kappa shape index (κ1) is 33.7. The Morgan fingerprint density at radius 1 is 0.224 bits per heavy atom. The van der Waals surface area contributed by atoms with Gasteiger partial charge in [-0.15, -0.1) is 0 Å². The van der Waals surface area contributed by atoms with Crippen molar-refractivity contribution in [3.63, 3.8) is 0 Å². The lowest BCUT2D eigenvalue weighted by Gasteiger charge is -2.18. The van der Waals surface area contributed by atoms with Crippen LogP contribution in [0.5, 0.6) is 0 Å². The summed E-state index contributed by atoms with van der Waals surface area (Å²) in [6, 6.07) is 81.5. The van der Waals surface area contributed by atoms with Crippen LogP contribution < -0.4 is 0 Å². The summed E-state index contributed by atoms with van der Waals surface area (Å²) >= 11 is 0. The number of pyridine rings is 1. The molecule has 11 aromatic rings. The standard InChI is InChI=1S/C57H37N/c1-3-16-38(17-4-1)47-24-11-13-26-49(47)45-35-44(36-46(37-45)50-27-14-12-25-48(50)39-18-5-2-6-19-39)42-22-15-23-43(34-42)55-53-32-30-40-20-7-9-28-51(40)56(53)58-57-52-29-10-8-21-41(52)31-33-54(55)57/h1-37H. The van der Waals surface area contributed by atoms with Gasteiger partial charge in [0.15, 0.2) is 0 Å². The molecule has 0 saturated carbocycles. The molecular formula is C57H37N. The van der Waals surface area contributed by atoms with E-state index in [0.29, 0.717) is 0 Å². The van der Waals surface area contributed by atoms with Gasteiger partial charge in [0.05, 0.1) is 11.0 Å². The maximum absolute atomic E-state index is 5.46. The molecule has 0 bridgehead atoms. The predicted molar refractivity (Wildman–Crippen MR) is 247 cm³/mol. The third-order valence-electron chi connectivity index (χ3n) is 11.6. The molecule has 11 rings (SSSR count). The largest absolute Gasteiger partial charge is 0.246 e. The van der Waals surface area contributed by atoms with Crippen LogP contribution >= 0.6 is 0 Å². The van der Waals surface area contributed by atoms with Crippen molar-refractivity contribution in [1.82, 2.24) is 4.98 Å². The van der Waals surface area contributed by atoms with Crippen LogP contribution in [0.3, 0.4) is 0 Å². The molecule has 1 aromatic heterocycles. The van der Waals surface area contributed by atoms with Crippen LogP contribution in [-0.2, 0) is 0 Å². The summed E-state index contributed by atoms with van der Waals surface area (Å²) in [6.45, 7) is 0. The zero-order valence-electron chi connectivity index (χ0n) is 31.8. The number of hydrogen-bond donors (Lipinski definition) is 0. The molecule has 270 valence electrons. The molecule has 0 atom stereocenters. The van der Waals surface area contributed by atoms with Crippen LogP contribution in [0.25, 0.3) is 110 Å². The first-order chi connectivity index (χ1) is 28.8. The van der Waals surface area contributed by atoms with Crippen LogP contribution in [0.2, 0.25) is 0 Å². The lowest BCUT2D eigenvalue weighted by molar-refractivity contribution is 1.52. The van der Waals surface area contributed by atoms with Crippen molar-refractivity contribution < 1.29 is 0 Å². The van der Waals surface area contributed by atoms with E-state index in [2.05, 4.69) is 224 Å². The van der Waals surface area contributed by atoms with Gasteiger partial charge in [0.25, 0.3) is 0 Å². The summed E-state index contributed by atoms with van der Waals surface area (Å²) in [6.07, 6.45) is 0. The minimum Gasteiger partial charge on any atom is -0.246 e. The predicted octanol–water partition coefficient (Wildman–Crippen LogP) is 15.7. The molecular weight excluding hydrogens is 699 g/mol. The lowest BCUT2D eigenvalue weighted by atomic mass is 9.87. The smallest absolute Gasteiger partial charge is 0.0794 e. The van der Waals surface area contributed by atoms with E-state index >= 15 is 0 Å². The van der Waals surface area contributed by atoms with Gasteiger partial charge in [0.1, 0.15) is 0 Å². The van der Waals surface area contributed by atoms with Gasteiger partial charge in [-0.1, -0.05) is 200 Å². The van der Waals surface area contributed by atoms with Gasteiger partial charge in [0, 0.05) is 27.1 Å². The van der Waals surface area contributed by atoms with Crippen molar-refractivity contribution >= 4 is 43.4 Å². The van der Waals surface area contributed by atoms with E-state index in [1.807, 2.05) is 0 Å². The summed E-state index contributed by atoms with van der Waals surface area (Å²) in [5.74, 6) is 0. The molecule has 0 saturated heterocycles. The quantitative estimate of drug-likeness (QED) is 0.122. The highest BCUT2D eigenvalue weighted by Gasteiger charge is 2.18. The average molecular weight is 736 g/mol. The van der Waals surface area contributed by atoms with E-state index in [-0.39, 0.29) is 0 Å². The molecule has 1 heteroatoms. The maximum Gasteiger partial charge on any atom is 0.0794 e. The number of hydrogen-bond acceptors (Lipinski definition) is 1. The highest BCUT2D eigenvalue weighted by Crippen LogP contribution is 2.43. The average Bonchev–Trinajstić information content (AvgIpc) is 3.31. The van der Waals surface area contributed by atoms with Gasteiger partial charge in [-0.05, 0) is 96.2 Å². The van der Waals surface area contributed by atoms with Crippen LogP contribution in [0.1, 0.15) is 0 Å². The van der Waals surface area contributed by atoms with Gasteiger partial charge in [-0.3, -0.25) is 0 Å². The second kappa shape index (κ2) is 14.2. The number of nitrogens with zero attached hydrogens (tertiary/aromatic N) is 1. The van der Waals surface area contributed by atoms with Crippen LogP contribution in [0.4, 0.5) is 0 Å². The van der Waals surface area contributed by atoms with Gasteiger partial charge in [-0.2, -0.15) is 0 Å². The minimum atomic E-state index is 1.03. The summed E-state index contributed by atoms with van der Waals surface area (Å²) < 4.78 is 0. The Balaban J connectivity index is 1.17. The molecule has 0 N–H and O–H groups in total. The zero-order valence-corrected chi connectivity index (χ0v) is 31.8. The number of benzene rings is 10. The van der Waals surface area contributed by atoms with Gasteiger partial charge < -0.3 is 0 Å². The summed E-state index contributed by atoms with van der Waals surface area (Å²) in [7, 11) is 0. The SMILES string of the molecule is c1ccc(-c2ccccc2-c2cc(-c3cccc(-c4c5ccc6ccccc6c5nc5c4ccc4ccccc45)c3)cc(-c3ccccc3-c3ccccc3)c2)cc1. The molecule has 0 aliphatic carbocycles. The molecule has 0 amide bonds. The fraction of sp³-hybridized carbons (Fsp3) is 0. The van der Waals surface area contributed by atoms with Crippen LogP contribution in [-0.4, -0.2) is 4.98 Å². The second-order valence-corrected chi connectivity index (χ2v) is 15.1. The van der Waals surface area contributed by atoms with Crippen molar-refractivity contribution in [2.24, 2.45) is 0 Å². The van der Waals surface area contributed by atoms with Crippen LogP contribution in [0.15, 0.2) is 224 Å². The van der Waals surface area contributed by atoms with Gasteiger partial charge in [0.2, 0.25) is 0 Å². The Morgan fingerprint density at radius 3 is 1.12 bits per heavy atom. The van der Waals surface area contributed by atoms with E-state index in [1.165, 1.54) is 82.7 Å². The monoisotopic (exact) mass is 735 g/mol. The van der Waals surface area contributed by atoms with E-state index in [4.69, 9.17) is 4.98 Å². The zero-order chi connectivity index (χ0) is 38.4. The Hall–Kier alpha value is -7.61. The fourth-order valence-electron chi connectivity index (χ4n) is 8.89. The highest BCUT2D eigenvalue weighted by atomic mass is 14.7. The molecule has 10 aromatic carbocycles. The molecule has 0 radical (unpaired) electrons. The first-order valence-electron chi connectivity index (χ1n) is 20.0.